The number of nitrogens with zero attached hydrogens (tertiary/aromatic N) is 2. The molecule has 2 rings (SSSR count). The van der Waals surface area contributed by atoms with Crippen LogP contribution in [0.5, 0.6) is 5.75 Å². The second kappa shape index (κ2) is 10.4. The van der Waals surface area contributed by atoms with Gasteiger partial charge in [-0.15, -0.1) is 0 Å². The van der Waals surface area contributed by atoms with Crippen molar-refractivity contribution in [3.05, 3.63) is 24.0 Å². The van der Waals surface area contributed by atoms with Crippen LogP contribution in [0.3, 0.4) is 0 Å². The minimum atomic E-state index is -4.58. The summed E-state index contributed by atoms with van der Waals surface area (Å²) in [5.41, 5.74) is -2.39. The van der Waals surface area contributed by atoms with Crippen molar-refractivity contribution in [1.29, 1.82) is 0 Å². The van der Waals surface area contributed by atoms with Crippen LogP contribution in [0.15, 0.2) is 18.2 Å². The third-order valence-corrected chi connectivity index (χ3v) is 4.74. The fourth-order valence-electron chi connectivity index (χ4n) is 2.98. The van der Waals surface area contributed by atoms with E-state index in [9.17, 15) is 35.9 Å². The molecule has 1 aliphatic heterocycles. The molecule has 0 aromatic heterocycles. The molecule has 1 aromatic carbocycles. The quantitative estimate of drug-likeness (QED) is 0.571. The van der Waals surface area contributed by atoms with Crippen LogP contribution in [0.25, 0.3) is 0 Å². The Bertz CT molecular complexity index is 811. The molecule has 1 saturated heterocycles. The third-order valence-electron chi connectivity index (χ3n) is 4.74. The molecular weight excluding hydrogens is 446 g/mol. The minimum absolute atomic E-state index is 0.0479. The van der Waals surface area contributed by atoms with Gasteiger partial charge in [-0.05, 0) is 19.9 Å². The van der Waals surface area contributed by atoms with Crippen LogP contribution in [0.1, 0.15) is 13.8 Å². The molecule has 180 valence electrons. The van der Waals surface area contributed by atoms with E-state index in [0.29, 0.717) is 26.2 Å². The second-order valence-corrected chi connectivity index (χ2v) is 7.83. The van der Waals surface area contributed by atoms with E-state index in [1.807, 2.05) is 5.32 Å². The maximum absolute atomic E-state index is 13.5. The number of anilines is 1. The first-order chi connectivity index (χ1) is 14.7. The zero-order chi connectivity index (χ0) is 24.1. The Labute approximate surface area is 180 Å². The molecule has 7 nitrogen and oxygen atoms in total. The minimum Gasteiger partial charge on any atom is -0.435 e. The Balaban J connectivity index is 1.79. The summed E-state index contributed by atoms with van der Waals surface area (Å²) in [7, 11) is 0. The van der Waals surface area contributed by atoms with Gasteiger partial charge in [-0.25, -0.2) is 4.39 Å². The number of hydrogen-bond donors (Lipinski definition) is 2. The largest absolute Gasteiger partial charge is 0.435 e. The van der Waals surface area contributed by atoms with Crippen molar-refractivity contribution in [2.45, 2.75) is 32.2 Å². The molecule has 2 N–H and O–H groups in total. The number of hydrogen-bond acceptors (Lipinski definition) is 5. The van der Waals surface area contributed by atoms with Crippen LogP contribution in [0.2, 0.25) is 0 Å². The summed E-state index contributed by atoms with van der Waals surface area (Å²) in [6.07, 6.45) is -4.58. The Kier molecular flexibility index (Phi) is 8.35. The van der Waals surface area contributed by atoms with Gasteiger partial charge in [-0.2, -0.15) is 22.0 Å². The first kappa shape index (κ1) is 25.7. The average Bonchev–Trinajstić information content (AvgIpc) is 2.60. The molecule has 0 bridgehead atoms. The molecule has 13 heteroatoms. The first-order valence-electron chi connectivity index (χ1n) is 9.63. The average molecular weight is 470 g/mol. The molecule has 0 aliphatic carbocycles. The van der Waals surface area contributed by atoms with Gasteiger partial charge in [0.05, 0.1) is 13.1 Å². The van der Waals surface area contributed by atoms with Gasteiger partial charge in [0.1, 0.15) is 17.1 Å². The predicted molar refractivity (Wildman–Crippen MR) is 103 cm³/mol. The standard InChI is InChI=1S/C19H24F6N4O3/c1-18(2,19(23,24)25)27-16(31)11-29-5-3-28(4-6-29)10-15(30)26-13-7-12(20)8-14(9-13)32-17(21)22/h7-9,17H,3-6,10-11H2,1-2H3,(H,26,30)(H,27,31). The van der Waals surface area contributed by atoms with Crippen LogP contribution < -0.4 is 15.4 Å². The fraction of sp³-hybridized carbons (Fsp3) is 0.579. The molecule has 1 heterocycles. The summed E-state index contributed by atoms with van der Waals surface area (Å²) in [6, 6.07) is 2.77. The van der Waals surface area contributed by atoms with E-state index in [0.717, 1.165) is 32.0 Å². The molecule has 0 saturated carbocycles. The van der Waals surface area contributed by atoms with E-state index in [1.54, 1.807) is 9.80 Å². The topological polar surface area (TPSA) is 73.9 Å². The molecular formula is C19H24F6N4O3. The zero-order valence-electron chi connectivity index (χ0n) is 17.4. The number of nitrogens with one attached hydrogen (secondary N) is 2. The molecule has 0 spiro atoms. The fourth-order valence-corrected chi connectivity index (χ4v) is 2.98. The SMILES string of the molecule is CC(C)(NC(=O)CN1CCN(CC(=O)Nc2cc(F)cc(OC(F)F)c2)CC1)C(F)(F)F. The lowest BCUT2D eigenvalue weighted by atomic mass is 10.1. The van der Waals surface area contributed by atoms with Gasteiger partial charge in [0.2, 0.25) is 11.8 Å². The lowest BCUT2D eigenvalue weighted by Crippen LogP contribution is -2.57. The van der Waals surface area contributed by atoms with Crippen LogP contribution in [-0.2, 0) is 9.59 Å². The summed E-state index contributed by atoms with van der Waals surface area (Å²) in [4.78, 5) is 27.5. The number of amides is 2. The summed E-state index contributed by atoms with van der Waals surface area (Å²) >= 11 is 0. The van der Waals surface area contributed by atoms with Crippen molar-refractivity contribution in [2.24, 2.45) is 0 Å². The number of benzene rings is 1. The van der Waals surface area contributed by atoms with Crippen molar-refractivity contribution in [2.75, 3.05) is 44.6 Å². The first-order valence-corrected chi connectivity index (χ1v) is 9.63. The summed E-state index contributed by atoms with van der Waals surface area (Å²) in [6.45, 7) is -0.250. The van der Waals surface area contributed by atoms with Crippen LogP contribution in [0, 0.1) is 5.82 Å². The highest BCUT2D eigenvalue weighted by atomic mass is 19.4. The Morgan fingerprint density at radius 3 is 2.03 bits per heavy atom. The molecule has 0 unspecified atom stereocenters. The van der Waals surface area contributed by atoms with E-state index in [2.05, 4.69) is 10.1 Å². The molecule has 32 heavy (non-hydrogen) atoms. The van der Waals surface area contributed by atoms with Gasteiger partial charge in [-0.3, -0.25) is 19.4 Å². The van der Waals surface area contributed by atoms with E-state index in [1.165, 1.54) is 0 Å². The van der Waals surface area contributed by atoms with Crippen molar-refractivity contribution < 1.29 is 40.7 Å². The summed E-state index contributed by atoms with van der Waals surface area (Å²) in [5.74, 6) is -2.57. The highest BCUT2D eigenvalue weighted by molar-refractivity contribution is 5.92. The maximum Gasteiger partial charge on any atom is 0.410 e. The molecule has 2 amide bonds. The smallest absolute Gasteiger partial charge is 0.410 e. The predicted octanol–water partition coefficient (Wildman–Crippen LogP) is 2.44. The van der Waals surface area contributed by atoms with Gasteiger partial charge in [0.15, 0.2) is 0 Å². The van der Waals surface area contributed by atoms with E-state index >= 15 is 0 Å². The van der Waals surface area contributed by atoms with Gasteiger partial charge in [0.25, 0.3) is 0 Å². The normalized spacial score (nSPS) is 16.2. The number of halogens is 6. The number of carbonyl (C=O) groups excluding carboxylic acids is 2. The highest BCUT2D eigenvalue weighted by Crippen LogP contribution is 2.29. The molecule has 0 atom stereocenters. The number of piperazine rings is 1. The Morgan fingerprint density at radius 1 is 1.00 bits per heavy atom. The van der Waals surface area contributed by atoms with Gasteiger partial charge < -0.3 is 15.4 Å². The van der Waals surface area contributed by atoms with E-state index in [4.69, 9.17) is 0 Å². The van der Waals surface area contributed by atoms with Crippen molar-refractivity contribution in [3.8, 4) is 5.75 Å². The number of alkyl halides is 5. The van der Waals surface area contributed by atoms with Crippen molar-refractivity contribution in [3.63, 3.8) is 0 Å². The monoisotopic (exact) mass is 470 g/mol. The molecule has 1 fully saturated rings. The third kappa shape index (κ3) is 7.86. The number of carbonyl (C=O) groups is 2. The van der Waals surface area contributed by atoms with Gasteiger partial charge >= 0.3 is 12.8 Å². The molecule has 0 radical (unpaired) electrons. The number of ether oxygens (including phenoxy) is 1. The van der Waals surface area contributed by atoms with Gasteiger partial charge in [0, 0.05) is 44.0 Å². The number of rotatable bonds is 8. The van der Waals surface area contributed by atoms with Crippen molar-refractivity contribution >= 4 is 17.5 Å². The van der Waals surface area contributed by atoms with Crippen LogP contribution in [0.4, 0.5) is 32.0 Å². The lowest BCUT2D eigenvalue weighted by molar-refractivity contribution is -0.188. The molecule has 1 aromatic rings. The zero-order valence-corrected chi connectivity index (χ0v) is 17.4. The Hall–Kier alpha value is -2.54. The summed E-state index contributed by atoms with van der Waals surface area (Å²) < 4.78 is 80.8. The van der Waals surface area contributed by atoms with Gasteiger partial charge in [-0.1, -0.05) is 0 Å². The molecule has 1 aliphatic rings. The van der Waals surface area contributed by atoms with E-state index in [-0.39, 0.29) is 18.8 Å². The Morgan fingerprint density at radius 2 is 1.53 bits per heavy atom. The van der Waals surface area contributed by atoms with Crippen LogP contribution in [-0.4, -0.2) is 79.2 Å². The second-order valence-electron chi connectivity index (χ2n) is 7.83. The highest BCUT2D eigenvalue weighted by Gasteiger charge is 2.48. The lowest BCUT2D eigenvalue weighted by Gasteiger charge is -2.35. The maximum atomic E-state index is 13.5. The van der Waals surface area contributed by atoms with E-state index < -0.39 is 41.7 Å². The van der Waals surface area contributed by atoms with Crippen molar-refractivity contribution in [1.82, 2.24) is 15.1 Å². The van der Waals surface area contributed by atoms with Crippen LogP contribution >= 0.6 is 0 Å². The summed E-state index contributed by atoms with van der Waals surface area (Å²) in [5, 5.41) is 4.36.